The highest BCUT2D eigenvalue weighted by Crippen LogP contribution is 2.32. The van der Waals surface area contributed by atoms with Crippen LogP contribution in [0.3, 0.4) is 0 Å². The molecule has 0 atom stereocenters. The number of rotatable bonds is 6. The van der Waals surface area contributed by atoms with Gasteiger partial charge < -0.3 is 9.47 Å². The van der Waals surface area contributed by atoms with Crippen molar-refractivity contribution in [3.63, 3.8) is 0 Å². The van der Waals surface area contributed by atoms with Crippen LogP contribution >= 0.6 is 11.3 Å². The number of aromatic nitrogens is 2. The molecule has 0 spiro atoms. The molecule has 8 nitrogen and oxygen atoms in total. The van der Waals surface area contributed by atoms with Crippen LogP contribution < -0.4 is 14.8 Å². The Morgan fingerprint density at radius 1 is 1.10 bits per heavy atom. The summed E-state index contributed by atoms with van der Waals surface area (Å²) in [6.45, 7) is 0.183. The number of amides is 1. The minimum atomic E-state index is -3.52. The van der Waals surface area contributed by atoms with Gasteiger partial charge in [-0.3, -0.25) is 10.1 Å². The lowest BCUT2D eigenvalue weighted by atomic mass is 10.2. The lowest BCUT2D eigenvalue weighted by Gasteiger charge is -2.00. The Hall–Kier alpha value is -3.24. The van der Waals surface area contributed by atoms with Gasteiger partial charge in [0.2, 0.25) is 17.8 Å². The summed E-state index contributed by atoms with van der Waals surface area (Å²) in [7, 11) is -3.52. The van der Waals surface area contributed by atoms with Crippen LogP contribution in [0.1, 0.15) is 10.6 Å². The van der Waals surface area contributed by atoms with Crippen molar-refractivity contribution in [3.05, 3.63) is 65.2 Å². The summed E-state index contributed by atoms with van der Waals surface area (Å²) >= 11 is 1.02. The Balaban J connectivity index is 1.38. The van der Waals surface area contributed by atoms with Gasteiger partial charge in [0.15, 0.2) is 21.3 Å². The normalized spacial score (nSPS) is 13.0. The van der Waals surface area contributed by atoms with Crippen molar-refractivity contribution < 1.29 is 22.7 Å². The van der Waals surface area contributed by atoms with Crippen LogP contribution in [0.25, 0.3) is 6.08 Å². The first kappa shape index (κ1) is 19.1. The predicted octanol–water partition coefficient (Wildman–Crippen LogP) is 2.89. The molecule has 148 valence electrons. The van der Waals surface area contributed by atoms with Gasteiger partial charge in [-0.15, -0.1) is 10.2 Å². The number of nitrogens with zero attached hydrogens (tertiary/aromatic N) is 2. The Bertz CT molecular complexity index is 1170. The van der Waals surface area contributed by atoms with Crippen molar-refractivity contribution in [2.75, 3.05) is 12.1 Å². The van der Waals surface area contributed by atoms with E-state index in [9.17, 15) is 13.2 Å². The second kappa shape index (κ2) is 8.02. The Labute approximate surface area is 170 Å². The minimum absolute atomic E-state index is 0.183. The second-order valence-corrected chi connectivity index (χ2v) is 9.06. The van der Waals surface area contributed by atoms with Crippen LogP contribution in [0.5, 0.6) is 11.5 Å². The van der Waals surface area contributed by atoms with Crippen molar-refractivity contribution in [1.82, 2.24) is 10.2 Å². The van der Waals surface area contributed by atoms with Crippen LogP contribution in [0.15, 0.2) is 59.5 Å². The molecular weight excluding hydrogens is 414 g/mol. The number of benzene rings is 2. The highest BCUT2D eigenvalue weighted by atomic mass is 32.2. The van der Waals surface area contributed by atoms with Gasteiger partial charge in [0, 0.05) is 6.08 Å². The van der Waals surface area contributed by atoms with Crippen molar-refractivity contribution in [2.45, 2.75) is 10.6 Å². The molecule has 10 heteroatoms. The average molecular weight is 429 g/mol. The van der Waals surface area contributed by atoms with Crippen LogP contribution in [0.2, 0.25) is 0 Å². The topological polar surface area (TPSA) is 107 Å². The Morgan fingerprint density at radius 3 is 2.72 bits per heavy atom. The number of hydrogen-bond acceptors (Lipinski definition) is 8. The molecule has 2 aromatic carbocycles. The number of hydrogen-bond donors (Lipinski definition) is 1. The van der Waals surface area contributed by atoms with Gasteiger partial charge in [-0.1, -0.05) is 35.6 Å². The number of carbonyl (C=O) groups excluding carboxylic acids is 1. The number of sulfone groups is 1. The molecule has 29 heavy (non-hydrogen) atoms. The quantitative estimate of drug-likeness (QED) is 0.600. The molecule has 1 amide bonds. The van der Waals surface area contributed by atoms with Crippen molar-refractivity contribution in [2.24, 2.45) is 0 Å². The van der Waals surface area contributed by atoms with E-state index >= 15 is 0 Å². The first-order valence-corrected chi connectivity index (χ1v) is 11.0. The zero-order valence-electron chi connectivity index (χ0n) is 14.9. The minimum Gasteiger partial charge on any atom is -0.454 e. The molecule has 0 saturated heterocycles. The SMILES string of the molecule is O=C(C=Cc1ccc2c(c1)OCO2)Nc1nnc(CS(=O)(=O)c2ccccc2)s1. The second-order valence-electron chi connectivity index (χ2n) is 6.01. The third-order valence-corrected chi connectivity index (χ3v) is 6.60. The lowest BCUT2D eigenvalue weighted by molar-refractivity contribution is -0.111. The van der Waals surface area contributed by atoms with Crippen LogP contribution in [0.4, 0.5) is 5.13 Å². The van der Waals surface area contributed by atoms with Crippen molar-refractivity contribution in [1.29, 1.82) is 0 Å². The molecule has 0 bridgehead atoms. The third kappa shape index (κ3) is 4.61. The summed E-state index contributed by atoms with van der Waals surface area (Å²) in [6, 6.07) is 13.5. The maximum Gasteiger partial charge on any atom is 0.250 e. The zero-order chi connectivity index (χ0) is 20.3. The number of carbonyl (C=O) groups is 1. The predicted molar refractivity (Wildman–Crippen MR) is 107 cm³/mol. The zero-order valence-corrected chi connectivity index (χ0v) is 16.6. The molecule has 1 N–H and O–H groups in total. The molecule has 4 rings (SSSR count). The van der Waals surface area contributed by atoms with E-state index in [1.807, 2.05) is 0 Å². The van der Waals surface area contributed by atoms with E-state index < -0.39 is 15.7 Å². The Morgan fingerprint density at radius 2 is 1.90 bits per heavy atom. The molecule has 0 radical (unpaired) electrons. The van der Waals surface area contributed by atoms with E-state index in [4.69, 9.17) is 9.47 Å². The van der Waals surface area contributed by atoms with Gasteiger partial charge in [0.05, 0.1) is 4.90 Å². The maximum absolute atomic E-state index is 12.4. The van der Waals surface area contributed by atoms with Gasteiger partial charge in [-0.05, 0) is 35.9 Å². The van der Waals surface area contributed by atoms with Gasteiger partial charge >= 0.3 is 0 Å². The number of ether oxygens (including phenoxy) is 2. The number of nitrogens with one attached hydrogen (secondary N) is 1. The summed E-state index contributed by atoms with van der Waals surface area (Å²) in [5, 5.41) is 10.8. The van der Waals surface area contributed by atoms with E-state index in [1.54, 1.807) is 42.5 Å². The highest BCUT2D eigenvalue weighted by molar-refractivity contribution is 7.90. The smallest absolute Gasteiger partial charge is 0.250 e. The largest absolute Gasteiger partial charge is 0.454 e. The van der Waals surface area contributed by atoms with Gasteiger partial charge in [0.25, 0.3) is 0 Å². The number of fused-ring (bicyclic) bond motifs is 1. The van der Waals surface area contributed by atoms with E-state index in [2.05, 4.69) is 15.5 Å². The first-order chi connectivity index (χ1) is 14.0. The number of anilines is 1. The molecule has 0 aliphatic carbocycles. The maximum atomic E-state index is 12.4. The third-order valence-electron chi connectivity index (χ3n) is 3.94. The highest BCUT2D eigenvalue weighted by Gasteiger charge is 2.18. The van der Waals surface area contributed by atoms with E-state index in [0.717, 1.165) is 16.9 Å². The summed E-state index contributed by atoms with van der Waals surface area (Å²) in [4.78, 5) is 12.3. The fourth-order valence-electron chi connectivity index (χ4n) is 2.57. The lowest BCUT2D eigenvalue weighted by Crippen LogP contribution is -2.07. The summed E-state index contributed by atoms with van der Waals surface area (Å²) < 4.78 is 35.3. The monoisotopic (exact) mass is 429 g/mol. The van der Waals surface area contributed by atoms with Crippen LogP contribution in [0, 0.1) is 0 Å². The van der Waals surface area contributed by atoms with E-state index in [-0.39, 0.29) is 22.6 Å². The summed E-state index contributed by atoms with van der Waals surface area (Å²) in [5.74, 6) is 0.605. The van der Waals surface area contributed by atoms with Crippen molar-refractivity contribution >= 4 is 38.3 Å². The summed E-state index contributed by atoms with van der Waals surface area (Å²) in [6.07, 6.45) is 2.97. The molecule has 1 aliphatic rings. The van der Waals surface area contributed by atoms with E-state index in [0.29, 0.717) is 16.5 Å². The molecule has 3 aromatic rings. The molecule has 0 saturated carbocycles. The first-order valence-electron chi connectivity index (χ1n) is 8.48. The molecule has 0 unspecified atom stereocenters. The fourth-order valence-corrected chi connectivity index (χ4v) is 4.93. The molecule has 2 heterocycles. The fraction of sp³-hybridized carbons (Fsp3) is 0.105. The van der Waals surface area contributed by atoms with Crippen LogP contribution in [-0.4, -0.2) is 31.3 Å². The van der Waals surface area contributed by atoms with Crippen LogP contribution in [-0.2, 0) is 20.4 Å². The van der Waals surface area contributed by atoms with Gasteiger partial charge in [0.1, 0.15) is 10.8 Å². The molecule has 1 aromatic heterocycles. The molecular formula is C19H15N3O5S2. The van der Waals surface area contributed by atoms with Crippen molar-refractivity contribution in [3.8, 4) is 11.5 Å². The standard InChI is InChI=1S/C19H15N3O5S2/c23-17(9-7-13-6-8-15-16(10-13)27-12-26-15)20-19-22-21-18(28-19)11-29(24,25)14-4-2-1-3-5-14/h1-10H,11-12H2,(H,20,22,23). The summed E-state index contributed by atoms with van der Waals surface area (Å²) in [5.41, 5.74) is 0.774. The van der Waals surface area contributed by atoms with Gasteiger partial charge in [-0.2, -0.15) is 0 Å². The molecule has 1 aliphatic heterocycles. The molecule has 0 fully saturated rings. The Kier molecular flexibility index (Phi) is 5.28. The average Bonchev–Trinajstić information content (AvgIpc) is 3.35. The van der Waals surface area contributed by atoms with E-state index in [1.165, 1.54) is 18.2 Å². The van der Waals surface area contributed by atoms with Gasteiger partial charge in [-0.25, -0.2) is 8.42 Å².